The summed E-state index contributed by atoms with van der Waals surface area (Å²) in [6.07, 6.45) is 0. The Balaban J connectivity index is 1.88. The average molecular weight is 218 g/mol. The predicted molar refractivity (Wildman–Crippen MR) is 63.2 cm³/mol. The monoisotopic (exact) mass is 218 g/mol. The van der Waals surface area contributed by atoms with Crippen molar-refractivity contribution in [3.8, 4) is 0 Å². The number of hydrogen-bond acceptors (Lipinski definition) is 3. The van der Waals surface area contributed by atoms with Gasteiger partial charge in [0.1, 0.15) is 0 Å². The summed E-state index contributed by atoms with van der Waals surface area (Å²) < 4.78 is 0. The molecule has 1 N–H and O–H groups in total. The molecule has 1 aliphatic heterocycles. The molecule has 85 valence electrons. The zero-order valence-electron chi connectivity index (χ0n) is 9.22. The summed E-state index contributed by atoms with van der Waals surface area (Å²) in [6.45, 7) is 3.84. The first-order valence-electron chi connectivity index (χ1n) is 5.52. The van der Waals surface area contributed by atoms with Gasteiger partial charge in [0.05, 0.1) is 6.54 Å². The third-order valence-corrected chi connectivity index (χ3v) is 2.86. The molecule has 4 nitrogen and oxygen atoms in total. The molecule has 1 radical (unpaired) electrons. The molecule has 0 bridgehead atoms. The Kier molecular flexibility index (Phi) is 3.41. The minimum Gasteiger partial charge on any atom is -0.369 e. The van der Waals surface area contributed by atoms with Crippen LogP contribution in [0.5, 0.6) is 0 Å². The fraction of sp³-hybridized carbons (Fsp3) is 0.417. The minimum atomic E-state index is -0.492. The van der Waals surface area contributed by atoms with Gasteiger partial charge >= 0.3 is 0 Å². The molecule has 1 aromatic rings. The molecule has 0 atom stereocenters. The molecule has 1 aliphatic rings. The second-order valence-electron chi connectivity index (χ2n) is 4.02. The molecule has 4 heteroatoms. The van der Waals surface area contributed by atoms with E-state index < -0.39 is 5.91 Å². The summed E-state index contributed by atoms with van der Waals surface area (Å²) in [5.74, 6) is -0.492. The molecule has 1 aromatic carbocycles. The number of carbonyl (C=O) groups excluding carboxylic acids is 1. The molecule has 2 rings (SSSR count). The fourth-order valence-electron chi connectivity index (χ4n) is 2.01. The topological polar surface area (TPSA) is 47.4 Å². The lowest BCUT2D eigenvalue weighted by Gasteiger charge is -2.35. The zero-order chi connectivity index (χ0) is 11.4. The zero-order valence-corrected chi connectivity index (χ0v) is 9.22. The van der Waals surface area contributed by atoms with Gasteiger partial charge in [0.2, 0.25) is 0 Å². The van der Waals surface area contributed by atoms with Gasteiger partial charge in [-0.3, -0.25) is 15.4 Å². The summed E-state index contributed by atoms with van der Waals surface area (Å²) in [5.41, 5.74) is 8.17. The van der Waals surface area contributed by atoms with Gasteiger partial charge in [-0.2, -0.15) is 0 Å². The summed E-state index contributed by atoms with van der Waals surface area (Å²) >= 11 is 0. The fourth-order valence-corrected chi connectivity index (χ4v) is 2.01. The van der Waals surface area contributed by atoms with Gasteiger partial charge in [0.15, 0.2) is 0 Å². The van der Waals surface area contributed by atoms with Crippen LogP contribution in [0.25, 0.3) is 0 Å². The third kappa shape index (κ3) is 2.73. The third-order valence-electron chi connectivity index (χ3n) is 2.86. The standard InChI is InChI=1S/C12H16N3O/c13-12(16)10-14-6-8-15(9-7-14)11-4-2-1-3-5-11/h1-5,13H,6-10H2. The highest BCUT2D eigenvalue weighted by Crippen LogP contribution is 2.15. The molecule has 1 amide bonds. The molecule has 1 saturated heterocycles. The molecule has 16 heavy (non-hydrogen) atoms. The molecule has 1 fully saturated rings. The maximum Gasteiger partial charge on any atom is 0.252 e. The van der Waals surface area contributed by atoms with Crippen LogP contribution in [-0.4, -0.2) is 43.5 Å². The molecule has 0 aliphatic carbocycles. The van der Waals surface area contributed by atoms with Crippen LogP contribution in [0.4, 0.5) is 5.69 Å². The number of piperazine rings is 1. The van der Waals surface area contributed by atoms with Crippen molar-refractivity contribution in [3.05, 3.63) is 30.3 Å². The quantitative estimate of drug-likeness (QED) is 0.747. The molecule has 0 aromatic heterocycles. The highest BCUT2D eigenvalue weighted by molar-refractivity contribution is 5.75. The number of rotatable bonds is 3. The van der Waals surface area contributed by atoms with Crippen LogP contribution in [0.3, 0.4) is 0 Å². The molecule has 0 unspecified atom stereocenters. The Hall–Kier alpha value is -1.55. The largest absolute Gasteiger partial charge is 0.369 e. The molecule has 0 spiro atoms. The maximum absolute atomic E-state index is 10.7. The van der Waals surface area contributed by atoms with Crippen LogP contribution in [-0.2, 0) is 4.79 Å². The number of nitrogens with zero attached hydrogens (tertiary/aromatic N) is 2. The van der Waals surface area contributed by atoms with Crippen LogP contribution in [0.2, 0.25) is 0 Å². The van der Waals surface area contributed by atoms with Crippen molar-refractivity contribution in [2.75, 3.05) is 37.6 Å². The lowest BCUT2D eigenvalue weighted by atomic mass is 10.2. The second kappa shape index (κ2) is 4.99. The minimum absolute atomic E-state index is 0.266. The van der Waals surface area contributed by atoms with Gasteiger partial charge in [0.25, 0.3) is 5.91 Å². The summed E-state index contributed by atoms with van der Waals surface area (Å²) in [5, 5.41) is 0. The first kappa shape index (κ1) is 11.0. The number of amides is 1. The second-order valence-corrected chi connectivity index (χ2v) is 4.02. The average Bonchev–Trinajstić information content (AvgIpc) is 2.30. The van der Waals surface area contributed by atoms with Crippen molar-refractivity contribution in [1.29, 1.82) is 0 Å². The van der Waals surface area contributed by atoms with Gasteiger partial charge in [-0.05, 0) is 12.1 Å². The van der Waals surface area contributed by atoms with Crippen LogP contribution in [0, 0.1) is 0 Å². The van der Waals surface area contributed by atoms with Gasteiger partial charge in [-0.25, -0.2) is 0 Å². The molecule has 0 saturated carbocycles. The van der Waals surface area contributed by atoms with Crippen molar-refractivity contribution in [2.45, 2.75) is 0 Å². The van der Waals surface area contributed by atoms with Crippen molar-refractivity contribution in [2.24, 2.45) is 0 Å². The Morgan fingerprint density at radius 1 is 1.12 bits per heavy atom. The van der Waals surface area contributed by atoms with E-state index in [1.165, 1.54) is 5.69 Å². The van der Waals surface area contributed by atoms with E-state index in [4.69, 9.17) is 5.73 Å². The predicted octanol–water partition coefficient (Wildman–Crippen LogP) is 0.618. The number of benzene rings is 1. The van der Waals surface area contributed by atoms with Crippen LogP contribution < -0.4 is 10.6 Å². The van der Waals surface area contributed by atoms with Gasteiger partial charge in [-0.15, -0.1) is 0 Å². The summed E-state index contributed by atoms with van der Waals surface area (Å²) in [7, 11) is 0. The van der Waals surface area contributed by atoms with Gasteiger partial charge < -0.3 is 4.90 Å². The van der Waals surface area contributed by atoms with Gasteiger partial charge in [-0.1, -0.05) is 18.2 Å². The van der Waals surface area contributed by atoms with Crippen LogP contribution in [0.15, 0.2) is 30.3 Å². The van der Waals surface area contributed by atoms with Crippen molar-refractivity contribution >= 4 is 11.6 Å². The van der Waals surface area contributed by atoms with E-state index >= 15 is 0 Å². The number of anilines is 1. The Morgan fingerprint density at radius 3 is 2.31 bits per heavy atom. The van der Waals surface area contributed by atoms with E-state index in [0.717, 1.165) is 26.2 Å². The Morgan fingerprint density at radius 2 is 1.75 bits per heavy atom. The molecular formula is C12H16N3O. The number of para-hydroxylation sites is 1. The normalized spacial score (nSPS) is 17.4. The molecular weight excluding hydrogens is 202 g/mol. The van der Waals surface area contributed by atoms with Crippen molar-refractivity contribution in [1.82, 2.24) is 10.6 Å². The van der Waals surface area contributed by atoms with E-state index in [0.29, 0.717) is 0 Å². The van der Waals surface area contributed by atoms with E-state index in [2.05, 4.69) is 17.0 Å². The SMILES string of the molecule is [NH]C(=O)CN1CCN(c2ccccc2)CC1. The number of hydrogen-bond donors (Lipinski definition) is 0. The van der Waals surface area contributed by atoms with Crippen molar-refractivity contribution < 1.29 is 4.79 Å². The first-order chi connectivity index (χ1) is 7.75. The number of carbonyl (C=O) groups is 1. The summed E-state index contributed by atoms with van der Waals surface area (Å²) in [4.78, 5) is 15.0. The maximum atomic E-state index is 10.7. The number of nitrogens with one attached hydrogen (secondary N) is 1. The highest BCUT2D eigenvalue weighted by atomic mass is 16.1. The van der Waals surface area contributed by atoms with Crippen LogP contribution in [0.1, 0.15) is 0 Å². The van der Waals surface area contributed by atoms with E-state index in [1.54, 1.807) is 0 Å². The smallest absolute Gasteiger partial charge is 0.252 e. The van der Waals surface area contributed by atoms with Gasteiger partial charge in [0, 0.05) is 31.9 Å². The van der Waals surface area contributed by atoms with E-state index in [-0.39, 0.29) is 6.54 Å². The lowest BCUT2D eigenvalue weighted by Crippen LogP contribution is -2.48. The Bertz CT molecular complexity index is 345. The van der Waals surface area contributed by atoms with E-state index in [9.17, 15) is 4.79 Å². The lowest BCUT2D eigenvalue weighted by molar-refractivity contribution is -0.119. The van der Waals surface area contributed by atoms with E-state index in [1.807, 2.05) is 23.1 Å². The molecule has 1 heterocycles. The van der Waals surface area contributed by atoms with Crippen LogP contribution >= 0.6 is 0 Å². The highest BCUT2D eigenvalue weighted by Gasteiger charge is 2.17. The first-order valence-corrected chi connectivity index (χ1v) is 5.52. The Labute approximate surface area is 95.6 Å². The van der Waals surface area contributed by atoms with Crippen molar-refractivity contribution in [3.63, 3.8) is 0 Å². The summed E-state index contributed by atoms with van der Waals surface area (Å²) in [6, 6.07) is 10.3.